The number of hydrogen-bond acceptors (Lipinski definition) is 5. The number of rotatable bonds is 5. The van der Waals surface area contributed by atoms with Gasteiger partial charge in [-0.2, -0.15) is 0 Å². The van der Waals surface area contributed by atoms with Crippen molar-refractivity contribution >= 4 is 5.97 Å². The molecule has 2 bridgehead atoms. The lowest BCUT2D eigenvalue weighted by Crippen LogP contribution is -2.63. The Bertz CT molecular complexity index is 339. The highest BCUT2D eigenvalue weighted by atomic mass is 16.6. The summed E-state index contributed by atoms with van der Waals surface area (Å²) in [5.74, 6) is 0.252. The summed E-state index contributed by atoms with van der Waals surface area (Å²) in [5.41, 5.74) is -0.732. The molecule has 3 aliphatic rings. The molecular formula is C12H20N2O4. The maximum Gasteiger partial charge on any atom is 0.326 e. The molecular weight excluding hydrogens is 236 g/mol. The van der Waals surface area contributed by atoms with Gasteiger partial charge in [-0.3, -0.25) is 19.8 Å². The van der Waals surface area contributed by atoms with Crippen molar-refractivity contribution in [1.29, 1.82) is 0 Å². The third-order valence-electron chi connectivity index (χ3n) is 4.21. The molecule has 0 saturated carbocycles. The second kappa shape index (κ2) is 5.22. The van der Waals surface area contributed by atoms with E-state index < -0.39 is 5.54 Å². The average Bonchev–Trinajstić information content (AvgIpc) is 2.38. The Kier molecular flexibility index (Phi) is 3.85. The van der Waals surface area contributed by atoms with Gasteiger partial charge in [0.1, 0.15) is 5.54 Å². The summed E-state index contributed by atoms with van der Waals surface area (Å²) in [6.45, 7) is 3.66. The SMILES string of the molecule is CCOC(=O)C1(CC[N+](=O)[O-])CC2CCN1CC2. The number of carbonyl (C=O) groups is 1. The molecule has 3 saturated heterocycles. The molecule has 3 fully saturated rings. The van der Waals surface area contributed by atoms with Crippen LogP contribution in [0.2, 0.25) is 0 Å². The molecule has 6 nitrogen and oxygen atoms in total. The Hall–Kier alpha value is -1.17. The van der Waals surface area contributed by atoms with Crippen molar-refractivity contribution in [1.82, 2.24) is 4.90 Å². The molecule has 0 aromatic carbocycles. The topological polar surface area (TPSA) is 72.7 Å². The summed E-state index contributed by atoms with van der Waals surface area (Å²) < 4.78 is 5.17. The Balaban J connectivity index is 2.16. The van der Waals surface area contributed by atoms with E-state index in [0.717, 1.165) is 32.4 Å². The van der Waals surface area contributed by atoms with Gasteiger partial charge < -0.3 is 4.74 Å². The first kappa shape index (κ1) is 13.3. The molecule has 0 spiro atoms. The Morgan fingerprint density at radius 3 is 2.61 bits per heavy atom. The molecule has 0 amide bonds. The molecule has 1 atom stereocenters. The van der Waals surface area contributed by atoms with Gasteiger partial charge in [-0.15, -0.1) is 0 Å². The monoisotopic (exact) mass is 256 g/mol. The van der Waals surface area contributed by atoms with Gasteiger partial charge in [0.05, 0.1) is 6.61 Å². The van der Waals surface area contributed by atoms with Crippen LogP contribution in [0.4, 0.5) is 0 Å². The lowest BCUT2D eigenvalue weighted by atomic mass is 9.73. The fourth-order valence-electron chi connectivity index (χ4n) is 3.29. The molecule has 0 radical (unpaired) electrons. The van der Waals surface area contributed by atoms with Crippen molar-refractivity contribution in [2.24, 2.45) is 5.92 Å². The summed E-state index contributed by atoms with van der Waals surface area (Å²) in [7, 11) is 0. The van der Waals surface area contributed by atoms with E-state index >= 15 is 0 Å². The van der Waals surface area contributed by atoms with Crippen LogP contribution < -0.4 is 0 Å². The van der Waals surface area contributed by atoms with E-state index in [2.05, 4.69) is 4.90 Å². The van der Waals surface area contributed by atoms with Crippen LogP contribution in [0.5, 0.6) is 0 Å². The highest BCUT2D eigenvalue weighted by Gasteiger charge is 2.52. The zero-order valence-electron chi connectivity index (χ0n) is 10.8. The van der Waals surface area contributed by atoms with E-state index in [4.69, 9.17) is 4.74 Å². The highest BCUT2D eigenvalue weighted by Crippen LogP contribution is 2.41. The first-order valence-corrected chi connectivity index (χ1v) is 6.62. The quantitative estimate of drug-likeness (QED) is 0.418. The standard InChI is InChI=1S/C12H20N2O4/c1-2-18-11(15)12(5-8-14(16)17)9-10-3-6-13(12)7-4-10/h10H,2-9H2,1H3. The fourth-order valence-corrected chi connectivity index (χ4v) is 3.29. The molecule has 0 aromatic rings. The number of piperidine rings is 3. The second-order valence-electron chi connectivity index (χ2n) is 5.19. The molecule has 102 valence electrons. The minimum atomic E-state index is -0.732. The number of nitro groups is 1. The number of nitrogens with zero attached hydrogens (tertiary/aromatic N) is 2. The van der Waals surface area contributed by atoms with Crippen LogP contribution in [-0.2, 0) is 9.53 Å². The average molecular weight is 256 g/mol. The molecule has 6 heteroatoms. The Labute approximate surface area is 106 Å². The van der Waals surface area contributed by atoms with Gasteiger partial charge in [-0.1, -0.05) is 0 Å². The number of hydrogen-bond donors (Lipinski definition) is 0. The molecule has 0 aromatic heterocycles. The minimum Gasteiger partial charge on any atom is -0.465 e. The van der Waals surface area contributed by atoms with Gasteiger partial charge in [0, 0.05) is 11.3 Å². The summed E-state index contributed by atoms with van der Waals surface area (Å²) >= 11 is 0. The number of esters is 1. The molecule has 0 aliphatic carbocycles. The van der Waals surface area contributed by atoms with Crippen LogP contribution in [0.25, 0.3) is 0 Å². The van der Waals surface area contributed by atoms with Crippen molar-refractivity contribution in [3.63, 3.8) is 0 Å². The lowest BCUT2D eigenvalue weighted by Gasteiger charge is -2.52. The number of carbonyl (C=O) groups excluding carboxylic acids is 1. The molecule has 3 aliphatic heterocycles. The Morgan fingerprint density at radius 2 is 2.17 bits per heavy atom. The van der Waals surface area contributed by atoms with Crippen molar-refractivity contribution in [3.8, 4) is 0 Å². The van der Waals surface area contributed by atoms with Crippen LogP contribution >= 0.6 is 0 Å². The predicted octanol–water partition coefficient (Wildman–Crippen LogP) is 1.07. The number of fused-ring (bicyclic) bond motifs is 3. The van der Waals surface area contributed by atoms with Crippen molar-refractivity contribution in [2.75, 3.05) is 26.2 Å². The van der Waals surface area contributed by atoms with Gasteiger partial charge in [0.15, 0.2) is 0 Å². The summed E-state index contributed by atoms with van der Waals surface area (Å²) in [6.07, 6.45) is 3.19. The van der Waals surface area contributed by atoms with Gasteiger partial charge in [-0.05, 0) is 45.2 Å². The molecule has 3 heterocycles. The predicted molar refractivity (Wildman–Crippen MR) is 64.8 cm³/mol. The van der Waals surface area contributed by atoms with Gasteiger partial charge >= 0.3 is 5.97 Å². The Morgan fingerprint density at radius 1 is 1.50 bits per heavy atom. The maximum absolute atomic E-state index is 12.2. The van der Waals surface area contributed by atoms with Crippen molar-refractivity contribution in [3.05, 3.63) is 10.1 Å². The summed E-state index contributed by atoms with van der Waals surface area (Å²) in [6, 6.07) is 0. The second-order valence-corrected chi connectivity index (χ2v) is 5.19. The maximum atomic E-state index is 12.2. The van der Waals surface area contributed by atoms with Crippen LogP contribution in [0.15, 0.2) is 0 Å². The van der Waals surface area contributed by atoms with Crippen molar-refractivity contribution in [2.45, 2.75) is 38.1 Å². The zero-order chi connectivity index (χ0) is 13.2. The van der Waals surface area contributed by atoms with Crippen molar-refractivity contribution < 1.29 is 14.5 Å². The van der Waals surface area contributed by atoms with Gasteiger partial charge in [-0.25, -0.2) is 0 Å². The molecule has 0 N–H and O–H groups in total. The number of ether oxygens (including phenoxy) is 1. The highest BCUT2D eigenvalue weighted by molar-refractivity contribution is 5.81. The van der Waals surface area contributed by atoms with Crippen LogP contribution in [0, 0.1) is 16.0 Å². The summed E-state index contributed by atoms with van der Waals surface area (Å²) in [5, 5.41) is 10.6. The van der Waals surface area contributed by atoms with E-state index in [1.165, 1.54) is 0 Å². The fraction of sp³-hybridized carbons (Fsp3) is 0.917. The minimum absolute atomic E-state index is 0.165. The summed E-state index contributed by atoms with van der Waals surface area (Å²) in [4.78, 5) is 24.6. The third kappa shape index (κ3) is 2.34. The van der Waals surface area contributed by atoms with Crippen LogP contribution in [0.3, 0.4) is 0 Å². The van der Waals surface area contributed by atoms with E-state index in [9.17, 15) is 14.9 Å². The van der Waals surface area contributed by atoms with E-state index in [1.807, 2.05) is 0 Å². The van der Waals surface area contributed by atoms with Crippen LogP contribution in [-0.4, -0.2) is 47.6 Å². The van der Waals surface area contributed by atoms with Crippen LogP contribution in [0.1, 0.15) is 32.6 Å². The smallest absolute Gasteiger partial charge is 0.326 e. The molecule has 18 heavy (non-hydrogen) atoms. The van der Waals surface area contributed by atoms with E-state index in [1.54, 1.807) is 6.92 Å². The first-order valence-electron chi connectivity index (χ1n) is 6.62. The largest absolute Gasteiger partial charge is 0.465 e. The van der Waals surface area contributed by atoms with Gasteiger partial charge in [0.25, 0.3) is 0 Å². The van der Waals surface area contributed by atoms with E-state index in [-0.39, 0.29) is 23.9 Å². The normalized spacial score (nSPS) is 34.3. The lowest BCUT2D eigenvalue weighted by molar-refractivity contribution is -0.482. The van der Waals surface area contributed by atoms with E-state index in [0.29, 0.717) is 12.5 Å². The third-order valence-corrected chi connectivity index (χ3v) is 4.21. The van der Waals surface area contributed by atoms with Gasteiger partial charge in [0.2, 0.25) is 6.54 Å². The first-order chi connectivity index (χ1) is 8.58. The molecule has 1 unspecified atom stereocenters. The molecule has 3 rings (SSSR count). The zero-order valence-corrected chi connectivity index (χ0v) is 10.8.